The fourth-order valence-corrected chi connectivity index (χ4v) is 3.59. The number of hydrogen-bond donors (Lipinski definition) is 2. The van der Waals surface area contributed by atoms with Crippen LogP contribution in [0.2, 0.25) is 0 Å². The van der Waals surface area contributed by atoms with E-state index < -0.39 is 6.10 Å². The number of aliphatic hydroxyl groups excluding tert-OH is 1. The second-order valence-electron chi connectivity index (χ2n) is 7.16. The third-order valence-electron chi connectivity index (χ3n) is 5.18. The van der Waals surface area contributed by atoms with E-state index in [4.69, 9.17) is 15.2 Å². The number of aliphatic hydroxyl groups is 1. The Bertz CT molecular complexity index is 912. The van der Waals surface area contributed by atoms with Gasteiger partial charge in [-0.1, -0.05) is 66.7 Å². The standard InChI is InChI=1S/C24H25NO3/c25-21-13-11-20-19(23(21)26)12-14-22(27-15-17-7-3-1-4-8-17)24(20)28-16-18-9-5-2-6-10-18/h1-10,12,14,21,23,26H,11,13,15-16,25H2/t21-,23+/m0/s1. The van der Waals surface area contributed by atoms with Crippen molar-refractivity contribution in [2.45, 2.75) is 38.2 Å². The summed E-state index contributed by atoms with van der Waals surface area (Å²) in [5.41, 5.74) is 10.1. The number of fused-ring (bicyclic) bond motifs is 1. The zero-order valence-corrected chi connectivity index (χ0v) is 15.8. The van der Waals surface area contributed by atoms with E-state index in [0.29, 0.717) is 24.7 Å². The minimum atomic E-state index is -0.675. The Morgan fingerprint density at radius 3 is 2.07 bits per heavy atom. The SMILES string of the molecule is N[C@H]1CCc2c(ccc(OCc3ccccc3)c2OCc2ccccc2)[C@H]1O. The molecule has 1 aliphatic carbocycles. The Morgan fingerprint density at radius 2 is 1.43 bits per heavy atom. The van der Waals surface area contributed by atoms with Crippen molar-refractivity contribution in [2.24, 2.45) is 5.73 Å². The highest BCUT2D eigenvalue weighted by Gasteiger charge is 2.29. The van der Waals surface area contributed by atoms with Gasteiger partial charge in [-0.05, 0) is 35.6 Å². The fourth-order valence-electron chi connectivity index (χ4n) is 3.59. The van der Waals surface area contributed by atoms with Crippen molar-refractivity contribution in [3.05, 3.63) is 95.1 Å². The smallest absolute Gasteiger partial charge is 0.165 e. The maximum atomic E-state index is 10.5. The fraction of sp³-hybridized carbons (Fsp3) is 0.250. The molecule has 0 bridgehead atoms. The molecule has 0 saturated carbocycles. The van der Waals surface area contributed by atoms with E-state index in [9.17, 15) is 5.11 Å². The lowest BCUT2D eigenvalue weighted by Gasteiger charge is -2.29. The highest BCUT2D eigenvalue weighted by Crippen LogP contribution is 2.41. The summed E-state index contributed by atoms with van der Waals surface area (Å²) in [6.07, 6.45) is 0.809. The lowest BCUT2D eigenvalue weighted by Crippen LogP contribution is -2.33. The van der Waals surface area contributed by atoms with Crippen LogP contribution in [0.1, 0.15) is 34.8 Å². The molecule has 0 aliphatic heterocycles. The highest BCUT2D eigenvalue weighted by atomic mass is 16.5. The van der Waals surface area contributed by atoms with Crippen LogP contribution >= 0.6 is 0 Å². The van der Waals surface area contributed by atoms with E-state index >= 15 is 0 Å². The Balaban J connectivity index is 1.62. The molecule has 28 heavy (non-hydrogen) atoms. The van der Waals surface area contributed by atoms with Crippen molar-refractivity contribution >= 4 is 0 Å². The third kappa shape index (κ3) is 4.03. The predicted molar refractivity (Wildman–Crippen MR) is 109 cm³/mol. The van der Waals surface area contributed by atoms with E-state index in [-0.39, 0.29) is 6.04 Å². The summed E-state index contributed by atoms with van der Waals surface area (Å²) in [7, 11) is 0. The van der Waals surface area contributed by atoms with Crippen molar-refractivity contribution in [1.29, 1.82) is 0 Å². The third-order valence-corrected chi connectivity index (χ3v) is 5.18. The van der Waals surface area contributed by atoms with Crippen LogP contribution in [0, 0.1) is 0 Å². The molecular weight excluding hydrogens is 350 g/mol. The van der Waals surface area contributed by atoms with Gasteiger partial charge in [-0.3, -0.25) is 0 Å². The Labute approximate surface area is 165 Å². The van der Waals surface area contributed by atoms with Crippen molar-refractivity contribution in [2.75, 3.05) is 0 Å². The van der Waals surface area contributed by atoms with Crippen LogP contribution in [-0.4, -0.2) is 11.1 Å². The van der Waals surface area contributed by atoms with E-state index in [1.165, 1.54) is 0 Å². The van der Waals surface area contributed by atoms with Gasteiger partial charge in [0.2, 0.25) is 0 Å². The van der Waals surface area contributed by atoms with E-state index in [0.717, 1.165) is 35.1 Å². The Morgan fingerprint density at radius 1 is 0.821 bits per heavy atom. The molecule has 3 aromatic carbocycles. The van der Waals surface area contributed by atoms with Gasteiger partial charge in [-0.15, -0.1) is 0 Å². The molecule has 2 atom stereocenters. The van der Waals surface area contributed by atoms with Crippen LogP contribution in [0.3, 0.4) is 0 Å². The number of hydrogen-bond acceptors (Lipinski definition) is 4. The lowest BCUT2D eigenvalue weighted by molar-refractivity contribution is 0.132. The molecule has 3 aromatic rings. The van der Waals surface area contributed by atoms with Gasteiger partial charge in [-0.25, -0.2) is 0 Å². The molecule has 0 fully saturated rings. The molecule has 144 valence electrons. The molecule has 4 heteroatoms. The topological polar surface area (TPSA) is 64.7 Å². The quantitative estimate of drug-likeness (QED) is 0.679. The Kier molecular flexibility index (Phi) is 5.60. The molecule has 0 spiro atoms. The van der Waals surface area contributed by atoms with Gasteiger partial charge in [0, 0.05) is 11.6 Å². The highest BCUT2D eigenvalue weighted by molar-refractivity contribution is 5.53. The molecule has 0 amide bonds. The summed E-state index contributed by atoms with van der Waals surface area (Å²) in [6.45, 7) is 0.907. The largest absolute Gasteiger partial charge is 0.485 e. The molecule has 4 rings (SSSR count). The van der Waals surface area contributed by atoms with Crippen LogP contribution in [-0.2, 0) is 19.6 Å². The molecular formula is C24H25NO3. The normalized spacial score (nSPS) is 18.4. The van der Waals surface area contributed by atoms with Crippen LogP contribution < -0.4 is 15.2 Å². The molecule has 4 nitrogen and oxygen atoms in total. The van der Waals surface area contributed by atoms with Gasteiger partial charge in [0.25, 0.3) is 0 Å². The molecule has 0 unspecified atom stereocenters. The number of nitrogens with two attached hydrogens (primary N) is 1. The zero-order valence-electron chi connectivity index (χ0n) is 15.8. The van der Waals surface area contributed by atoms with Crippen LogP contribution in [0.4, 0.5) is 0 Å². The first kappa shape index (κ1) is 18.5. The van der Waals surface area contributed by atoms with E-state index in [1.54, 1.807) is 0 Å². The van der Waals surface area contributed by atoms with Crippen molar-refractivity contribution in [3.63, 3.8) is 0 Å². The summed E-state index contributed by atoms with van der Waals surface area (Å²) in [5, 5.41) is 10.5. The van der Waals surface area contributed by atoms with E-state index in [1.807, 2.05) is 72.8 Å². The summed E-state index contributed by atoms with van der Waals surface area (Å²) in [6, 6.07) is 23.6. The summed E-state index contributed by atoms with van der Waals surface area (Å²) in [5.74, 6) is 1.41. The van der Waals surface area contributed by atoms with Crippen molar-refractivity contribution in [3.8, 4) is 11.5 Å². The average Bonchev–Trinajstić information content (AvgIpc) is 2.75. The Hall–Kier alpha value is -2.82. The van der Waals surface area contributed by atoms with Gasteiger partial charge < -0.3 is 20.3 Å². The average molecular weight is 375 g/mol. The number of rotatable bonds is 6. The maximum absolute atomic E-state index is 10.5. The van der Waals surface area contributed by atoms with Crippen LogP contribution in [0.25, 0.3) is 0 Å². The molecule has 0 heterocycles. The first-order chi connectivity index (χ1) is 13.7. The van der Waals surface area contributed by atoms with Gasteiger partial charge >= 0.3 is 0 Å². The van der Waals surface area contributed by atoms with Crippen LogP contribution in [0.15, 0.2) is 72.8 Å². The minimum absolute atomic E-state index is 0.245. The van der Waals surface area contributed by atoms with Gasteiger partial charge in [-0.2, -0.15) is 0 Å². The molecule has 0 radical (unpaired) electrons. The van der Waals surface area contributed by atoms with Gasteiger partial charge in [0.05, 0.1) is 6.10 Å². The van der Waals surface area contributed by atoms with Gasteiger partial charge in [0.15, 0.2) is 11.5 Å². The second-order valence-corrected chi connectivity index (χ2v) is 7.16. The minimum Gasteiger partial charge on any atom is -0.485 e. The van der Waals surface area contributed by atoms with E-state index in [2.05, 4.69) is 0 Å². The van der Waals surface area contributed by atoms with Gasteiger partial charge in [0.1, 0.15) is 13.2 Å². The molecule has 3 N–H and O–H groups in total. The molecule has 1 aliphatic rings. The zero-order chi connectivity index (χ0) is 19.3. The monoisotopic (exact) mass is 375 g/mol. The van der Waals surface area contributed by atoms with Crippen molar-refractivity contribution < 1.29 is 14.6 Å². The predicted octanol–water partition coefficient (Wildman–Crippen LogP) is 4.15. The summed E-state index contributed by atoms with van der Waals surface area (Å²) < 4.78 is 12.3. The molecule has 0 saturated heterocycles. The number of ether oxygens (including phenoxy) is 2. The molecule has 0 aromatic heterocycles. The summed E-state index contributed by atoms with van der Waals surface area (Å²) in [4.78, 5) is 0. The van der Waals surface area contributed by atoms with Crippen molar-refractivity contribution in [1.82, 2.24) is 0 Å². The number of benzene rings is 3. The maximum Gasteiger partial charge on any atom is 0.165 e. The second kappa shape index (κ2) is 8.46. The lowest BCUT2D eigenvalue weighted by atomic mass is 9.85. The summed E-state index contributed by atoms with van der Waals surface area (Å²) >= 11 is 0. The van der Waals surface area contributed by atoms with Crippen LogP contribution in [0.5, 0.6) is 11.5 Å². The first-order valence-corrected chi connectivity index (χ1v) is 9.65. The first-order valence-electron chi connectivity index (χ1n) is 9.65.